The molecule has 19 heavy (non-hydrogen) atoms. The Morgan fingerprint density at radius 2 is 2.47 bits per heavy atom. The summed E-state index contributed by atoms with van der Waals surface area (Å²) in [5.74, 6) is 1.03. The number of ether oxygens (including phenoxy) is 2. The number of methoxy groups -OCH3 is 1. The summed E-state index contributed by atoms with van der Waals surface area (Å²) in [6.45, 7) is 2.39. The normalized spacial score (nSPS) is 19.3. The van der Waals surface area contributed by atoms with Crippen molar-refractivity contribution in [1.82, 2.24) is 14.5 Å². The van der Waals surface area contributed by atoms with Crippen molar-refractivity contribution in [2.24, 2.45) is 0 Å². The van der Waals surface area contributed by atoms with Crippen molar-refractivity contribution >= 4 is 11.2 Å². The number of rotatable bonds is 5. The summed E-state index contributed by atoms with van der Waals surface area (Å²) in [4.78, 5) is 9.11. The average Bonchev–Trinajstić information content (AvgIpc) is 3.06. The summed E-state index contributed by atoms with van der Waals surface area (Å²) in [6.07, 6.45) is 5.19. The van der Waals surface area contributed by atoms with Gasteiger partial charge in [0, 0.05) is 26.3 Å². The molecule has 102 valence electrons. The van der Waals surface area contributed by atoms with Crippen molar-refractivity contribution in [1.29, 1.82) is 0 Å². The minimum absolute atomic E-state index is 0.292. The van der Waals surface area contributed by atoms with E-state index in [4.69, 9.17) is 9.47 Å². The fourth-order valence-electron chi connectivity index (χ4n) is 2.57. The molecule has 0 radical (unpaired) electrons. The van der Waals surface area contributed by atoms with Crippen LogP contribution in [0.1, 0.15) is 18.7 Å². The van der Waals surface area contributed by atoms with E-state index in [0.29, 0.717) is 12.7 Å². The largest absolute Gasteiger partial charge is 0.384 e. The fraction of sp³-hybridized carbons (Fsp3) is 0.571. The van der Waals surface area contributed by atoms with Gasteiger partial charge in [-0.1, -0.05) is 0 Å². The first-order valence-electron chi connectivity index (χ1n) is 6.79. The molecule has 1 aliphatic heterocycles. The van der Waals surface area contributed by atoms with Crippen molar-refractivity contribution in [3.8, 4) is 0 Å². The second kappa shape index (κ2) is 5.67. The van der Waals surface area contributed by atoms with Crippen molar-refractivity contribution in [3.63, 3.8) is 0 Å². The molecule has 0 aliphatic carbocycles. The molecule has 0 spiro atoms. The van der Waals surface area contributed by atoms with Crippen molar-refractivity contribution in [3.05, 3.63) is 24.2 Å². The predicted octanol–water partition coefficient (Wildman–Crippen LogP) is 1.80. The summed E-state index contributed by atoms with van der Waals surface area (Å²) in [5, 5.41) is 0. The van der Waals surface area contributed by atoms with Gasteiger partial charge in [0.25, 0.3) is 0 Å². The number of hydrogen-bond acceptors (Lipinski definition) is 4. The third kappa shape index (κ3) is 2.62. The van der Waals surface area contributed by atoms with Crippen molar-refractivity contribution in [2.75, 3.05) is 20.3 Å². The monoisotopic (exact) mass is 261 g/mol. The van der Waals surface area contributed by atoms with Crippen molar-refractivity contribution in [2.45, 2.75) is 31.9 Å². The lowest BCUT2D eigenvalue weighted by Gasteiger charge is -2.13. The highest BCUT2D eigenvalue weighted by atomic mass is 16.5. The van der Waals surface area contributed by atoms with E-state index in [9.17, 15) is 0 Å². The van der Waals surface area contributed by atoms with Gasteiger partial charge in [0.05, 0.1) is 19.3 Å². The molecule has 0 N–H and O–H groups in total. The number of aromatic nitrogens is 3. The van der Waals surface area contributed by atoms with Crippen LogP contribution >= 0.6 is 0 Å². The maximum Gasteiger partial charge on any atom is 0.160 e. The molecule has 5 nitrogen and oxygen atoms in total. The lowest BCUT2D eigenvalue weighted by molar-refractivity contribution is 0.0966. The Kier molecular flexibility index (Phi) is 3.75. The van der Waals surface area contributed by atoms with Gasteiger partial charge >= 0.3 is 0 Å². The molecule has 5 heteroatoms. The van der Waals surface area contributed by atoms with Crippen LogP contribution in [0.25, 0.3) is 11.2 Å². The first kappa shape index (κ1) is 12.6. The van der Waals surface area contributed by atoms with Crippen molar-refractivity contribution < 1.29 is 9.47 Å². The first-order valence-corrected chi connectivity index (χ1v) is 6.79. The summed E-state index contributed by atoms with van der Waals surface area (Å²) >= 11 is 0. The van der Waals surface area contributed by atoms with E-state index in [0.717, 1.165) is 49.4 Å². The highest BCUT2D eigenvalue weighted by Gasteiger charge is 2.20. The minimum atomic E-state index is 0.292. The van der Waals surface area contributed by atoms with Crippen LogP contribution in [0.5, 0.6) is 0 Å². The zero-order chi connectivity index (χ0) is 13.1. The van der Waals surface area contributed by atoms with E-state index in [1.165, 1.54) is 0 Å². The highest BCUT2D eigenvalue weighted by molar-refractivity contribution is 5.71. The molecule has 2 aromatic heterocycles. The molecule has 0 saturated carbocycles. The standard InChI is InChI=1S/C14H19N3O2/c1-18-9-6-13-16-12-5-2-7-15-14(12)17(13)10-11-4-3-8-19-11/h2,5,7,11H,3-4,6,8-10H2,1H3. The van der Waals surface area contributed by atoms with Gasteiger partial charge in [0.1, 0.15) is 11.3 Å². The quantitative estimate of drug-likeness (QED) is 0.823. The Labute approximate surface area is 112 Å². The van der Waals surface area contributed by atoms with E-state index < -0.39 is 0 Å². The minimum Gasteiger partial charge on any atom is -0.384 e. The molecule has 2 aromatic rings. The number of fused-ring (bicyclic) bond motifs is 1. The Hall–Kier alpha value is -1.46. The van der Waals surface area contributed by atoms with Gasteiger partial charge < -0.3 is 14.0 Å². The maximum atomic E-state index is 5.73. The molecule has 0 bridgehead atoms. The molecule has 1 fully saturated rings. The van der Waals surface area contributed by atoms with Crippen LogP contribution in [0.4, 0.5) is 0 Å². The zero-order valence-electron chi connectivity index (χ0n) is 11.2. The molecule has 3 heterocycles. The average molecular weight is 261 g/mol. The molecule has 0 amide bonds. The number of nitrogens with zero attached hydrogens (tertiary/aromatic N) is 3. The van der Waals surface area contributed by atoms with Crippen LogP contribution in [-0.4, -0.2) is 41.0 Å². The number of hydrogen-bond donors (Lipinski definition) is 0. The van der Waals surface area contributed by atoms with Gasteiger partial charge in [0.15, 0.2) is 5.65 Å². The lowest BCUT2D eigenvalue weighted by atomic mass is 10.2. The second-order valence-electron chi connectivity index (χ2n) is 4.86. The van der Waals surface area contributed by atoms with Crippen LogP contribution in [0.3, 0.4) is 0 Å². The first-order chi connectivity index (χ1) is 9.38. The van der Waals surface area contributed by atoms with Crippen LogP contribution < -0.4 is 0 Å². The number of pyridine rings is 1. The molecule has 1 aliphatic rings. The smallest absolute Gasteiger partial charge is 0.160 e. The second-order valence-corrected chi connectivity index (χ2v) is 4.86. The van der Waals surface area contributed by atoms with Gasteiger partial charge in [-0.3, -0.25) is 0 Å². The topological polar surface area (TPSA) is 49.2 Å². The Morgan fingerprint density at radius 3 is 3.26 bits per heavy atom. The molecular formula is C14H19N3O2. The van der Waals surface area contributed by atoms with Gasteiger partial charge in [0.2, 0.25) is 0 Å². The third-order valence-electron chi connectivity index (χ3n) is 3.52. The van der Waals surface area contributed by atoms with Crippen LogP contribution in [-0.2, 0) is 22.4 Å². The van der Waals surface area contributed by atoms with E-state index in [2.05, 4.69) is 14.5 Å². The maximum absolute atomic E-state index is 5.73. The van der Waals surface area contributed by atoms with E-state index in [1.807, 2.05) is 18.3 Å². The van der Waals surface area contributed by atoms with E-state index in [-0.39, 0.29) is 0 Å². The molecule has 1 saturated heterocycles. The Balaban J connectivity index is 1.92. The highest BCUT2D eigenvalue weighted by Crippen LogP contribution is 2.19. The van der Waals surface area contributed by atoms with E-state index >= 15 is 0 Å². The summed E-state index contributed by atoms with van der Waals surface area (Å²) < 4.78 is 13.1. The molecule has 1 atom stereocenters. The molecule has 0 aromatic carbocycles. The van der Waals surface area contributed by atoms with Gasteiger partial charge in [-0.2, -0.15) is 0 Å². The number of imidazole rings is 1. The van der Waals surface area contributed by atoms with Crippen LogP contribution in [0.15, 0.2) is 18.3 Å². The van der Waals surface area contributed by atoms with Crippen LogP contribution in [0, 0.1) is 0 Å². The third-order valence-corrected chi connectivity index (χ3v) is 3.52. The molecule has 3 rings (SSSR count). The van der Waals surface area contributed by atoms with Gasteiger partial charge in [-0.25, -0.2) is 9.97 Å². The molecule has 1 unspecified atom stereocenters. The fourth-order valence-corrected chi connectivity index (χ4v) is 2.57. The summed E-state index contributed by atoms with van der Waals surface area (Å²) in [7, 11) is 1.71. The SMILES string of the molecule is COCCc1nc2cccnc2n1CC1CCCO1. The molecular weight excluding hydrogens is 242 g/mol. The summed E-state index contributed by atoms with van der Waals surface area (Å²) in [5.41, 5.74) is 1.90. The van der Waals surface area contributed by atoms with Gasteiger partial charge in [-0.05, 0) is 25.0 Å². The Bertz CT molecular complexity index is 547. The zero-order valence-corrected chi connectivity index (χ0v) is 11.2. The van der Waals surface area contributed by atoms with E-state index in [1.54, 1.807) is 7.11 Å². The summed E-state index contributed by atoms with van der Waals surface area (Å²) in [6, 6.07) is 3.93. The van der Waals surface area contributed by atoms with Gasteiger partial charge in [-0.15, -0.1) is 0 Å². The Morgan fingerprint density at radius 1 is 1.53 bits per heavy atom. The lowest BCUT2D eigenvalue weighted by Crippen LogP contribution is -2.18. The predicted molar refractivity (Wildman–Crippen MR) is 72.1 cm³/mol. The van der Waals surface area contributed by atoms with Crippen LogP contribution in [0.2, 0.25) is 0 Å².